The number of aromatic nitrogens is 2. The predicted molar refractivity (Wildman–Crippen MR) is 108 cm³/mol. The zero-order chi connectivity index (χ0) is 19.3. The number of hydrogen-bond acceptors (Lipinski definition) is 6. The van der Waals surface area contributed by atoms with Crippen LogP contribution < -0.4 is 9.64 Å². The molecule has 0 aliphatic carbocycles. The van der Waals surface area contributed by atoms with E-state index >= 15 is 0 Å². The standard InChI is InChI=1S/C18H18Br2N4O3/c1-18(2,3)27-17(25)23-8-12(9-23)24-15-13(4-10(19)6-21-15)26-14-5-11(20)7-22-16(14)24/h4-7,12H,8-9H2,1-3H3. The van der Waals surface area contributed by atoms with Gasteiger partial charge in [0.2, 0.25) is 0 Å². The second-order valence-corrected chi connectivity index (χ2v) is 9.29. The van der Waals surface area contributed by atoms with Crippen molar-refractivity contribution in [3.8, 4) is 11.5 Å². The van der Waals surface area contributed by atoms with E-state index in [1.807, 2.05) is 37.8 Å². The van der Waals surface area contributed by atoms with Gasteiger partial charge in [-0.05, 0) is 52.6 Å². The molecule has 0 aromatic carbocycles. The van der Waals surface area contributed by atoms with Gasteiger partial charge in [-0.3, -0.25) is 4.90 Å². The lowest BCUT2D eigenvalue weighted by Crippen LogP contribution is -2.61. The fourth-order valence-electron chi connectivity index (χ4n) is 3.00. The first-order valence-corrected chi connectivity index (χ1v) is 10.1. The Kier molecular flexibility index (Phi) is 4.54. The van der Waals surface area contributed by atoms with Gasteiger partial charge in [0, 0.05) is 46.6 Å². The van der Waals surface area contributed by atoms with Gasteiger partial charge in [-0.15, -0.1) is 0 Å². The smallest absolute Gasteiger partial charge is 0.410 e. The lowest BCUT2D eigenvalue weighted by molar-refractivity contribution is 0.00873. The fraction of sp³-hybridized carbons (Fsp3) is 0.389. The fourth-order valence-corrected chi connectivity index (χ4v) is 3.62. The zero-order valence-corrected chi connectivity index (χ0v) is 18.2. The molecule has 142 valence electrons. The van der Waals surface area contributed by atoms with Gasteiger partial charge in [-0.1, -0.05) is 0 Å². The van der Waals surface area contributed by atoms with Gasteiger partial charge >= 0.3 is 6.09 Å². The molecular formula is C18H18Br2N4O3. The molecule has 0 unspecified atom stereocenters. The number of likely N-dealkylation sites (tertiary alicyclic amines) is 1. The summed E-state index contributed by atoms with van der Waals surface area (Å²) in [7, 11) is 0. The van der Waals surface area contributed by atoms with Crippen molar-refractivity contribution in [2.75, 3.05) is 18.0 Å². The van der Waals surface area contributed by atoms with Crippen LogP contribution in [0.25, 0.3) is 0 Å². The number of pyridine rings is 2. The van der Waals surface area contributed by atoms with Crippen LogP contribution >= 0.6 is 31.9 Å². The van der Waals surface area contributed by atoms with Crippen molar-refractivity contribution in [1.29, 1.82) is 0 Å². The van der Waals surface area contributed by atoms with Gasteiger partial charge in [-0.2, -0.15) is 0 Å². The SMILES string of the molecule is CC(C)(C)OC(=O)N1CC(N2c3ncc(Br)cc3Oc3cc(Br)cnc32)C1. The van der Waals surface area contributed by atoms with Gasteiger partial charge in [-0.25, -0.2) is 14.8 Å². The number of halogens is 2. The highest BCUT2D eigenvalue weighted by molar-refractivity contribution is 9.10. The van der Waals surface area contributed by atoms with Crippen LogP contribution in [0.2, 0.25) is 0 Å². The first-order valence-electron chi connectivity index (χ1n) is 8.47. The van der Waals surface area contributed by atoms with E-state index < -0.39 is 5.60 Å². The van der Waals surface area contributed by atoms with Crippen molar-refractivity contribution in [2.45, 2.75) is 32.4 Å². The Morgan fingerprint density at radius 1 is 1.11 bits per heavy atom. The summed E-state index contributed by atoms with van der Waals surface area (Å²) in [6.07, 6.45) is 3.15. The molecule has 0 bridgehead atoms. The molecule has 0 atom stereocenters. The van der Waals surface area contributed by atoms with E-state index in [2.05, 4.69) is 41.8 Å². The van der Waals surface area contributed by atoms with Gasteiger partial charge in [0.15, 0.2) is 23.1 Å². The number of nitrogens with zero attached hydrogens (tertiary/aromatic N) is 4. The first-order chi connectivity index (χ1) is 12.7. The Hall–Kier alpha value is -1.87. The Morgan fingerprint density at radius 3 is 2.11 bits per heavy atom. The van der Waals surface area contributed by atoms with Crippen molar-refractivity contribution < 1.29 is 14.3 Å². The van der Waals surface area contributed by atoms with Gasteiger partial charge < -0.3 is 14.4 Å². The van der Waals surface area contributed by atoms with Crippen LogP contribution in [0.15, 0.2) is 33.5 Å². The number of carbonyl (C=O) groups excluding carboxylic acids is 1. The second-order valence-electron chi connectivity index (χ2n) is 7.46. The number of anilines is 2. The zero-order valence-electron chi connectivity index (χ0n) is 15.1. The summed E-state index contributed by atoms with van der Waals surface area (Å²) in [5, 5.41) is 0. The predicted octanol–water partition coefficient (Wildman–Crippen LogP) is 4.86. The van der Waals surface area contributed by atoms with Crippen molar-refractivity contribution in [3.63, 3.8) is 0 Å². The van der Waals surface area contributed by atoms with Gasteiger partial charge in [0.1, 0.15) is 5.60 Å². The number of carbonyl (C=O) groups is 1. The summed E-state index contributed by atoms with van der Waals surface area (Å²) in [5.41, 5.74) is -0.512. The summed E-state index contributed by atoms with van der Waals surface area (Å²) in [4.78, 5) is 25.0. The van der Waals surface area contributed by atoms with Crippen molar-refractivity contribution in [2.24, 2.45) is 0 Å². The minimum absolute atomic E-state index is 0.0428. The van der Waals surface area contributed by atoms with E-state index in [1.165, 1.54) is 0 Å². The molecule has 0 radical (unpaired) electrons. The van der Waals surface area contributed by atoms with E-state index in [-0.39, 0.29) is 12.1 Å². The summed E-state index contributed by atoms with van der Waals surface area (Å²) >= 11 is 6.87. The van der Waals surface area contributed by atoms with Crippen LogP contribution in [0.4, 0.5) is 16.4 Å². The molecule has 27 heavy (non-hydrogen) atoms. The third-order valence-electron chi connectivity index (χ3n) is 4.15. The number of rotatable bonds is 1. The number of amides is 1. The Bertz CT molecular complexity index is 858. The van der Waals surface area contributed by atoms with Crippen molar-refractivity contribution in [3.05, 3.63) is 33.5 Å². The summed E-state index contributed by atoms with van der Waals surface area (Å²) in [6, 6.07) is 3.80. The normalized spacial score (nSPS) is 16.2. The molecular weight excluding hydrogens is 480 g/mol. The lowest BCUT2D eigenvalue weighted by atomic mass is 10.1. The summed E-state index contributed by atoms with van der Waals surface area (Å²) in [6.45, 7) is 6.65. The Morgan fingerprint density at radius 2 is 1.63 bits per heavy atom. The van der Waals surface area contributed by atoms with Crippen LogP contribution in [0.3, 0.4) is 0 Å². The summed E-state index contributed by atoms with van der Waals surface area (Å²) < 4.78 is 13.1. The molecule has 1 amide bonds. The van der Waals surface area contributed by atoms with Gasteiger partial charge in [0.05, 0.1) is 6.04 Å². The van der Waals surface area contributed by atoms with Crippen LogP contribution in [0.1, 0.15) is 20.8 Å². The average Bonchev–Trinajstić information content (AvgIpc) is 2.50. The van der Waals surface area contributed by atoms with Crippen LogP contribution in [-0.4, -0.2) is 45.7 Å². The molecule has 2 aromatic heterocycles. The average molecular weight is 498 g/mol. The van der Waals surface area contributed by atoms with Crippen molar-refractivity contribution >= 4 is 49.6 Å². The minimum Gasteiger partial charge on any atom is -0.449 e. The maximum Gasteiger partial charge on any atom is 0.410 e. The molecule has 4 rings (SSSR count). The molecule has 0 saturated carbocycles. The molecule has 2 aromatic rings. The molecule has 7 nitrogen and oxygen atoms in total. The second kappa shape index (κ2) is 6.63. The number of hydrogen-bond donors (Lipinski definition) is 0. The molecule has 0 N–H and O–H groups in total. The topological polar surface area (TPSA) is 67.8 Å². The number of ether oxygens (including phenoxy) is 2. The van der Waals surface area contributed by atoms with Gasteiger partial charge in [0.25, 0.3) is 0 Å². The highest BCUT2D eigenvalue weighted by Crippen LogP contribution is 2.47. The molecule has 2 aliphatic rings. The quantitative estimate of drug-likeness (QED) is 0.560. The maximum atomic E-state index is 12.3. The summed E-state index contributed by atoms with van der Waals surface area (Å²) in [5.74, 6) is 2.67. The molecule has 2 aliphatic heterocycles. The lowest BCUT2D eigenvalue weighted by Gasteiger charge is -2.46. The largest absolute Gasteiger partial charge is 0.449 e. The van der Waals surface area contributed by atoms with Crippen molar-refractivity contribution in [1.82, 2.24) is 14.9 Å². The Balaban J connectivity index is 1.61. The van der Waals surface area contributed by atoms with Crippen LogP contribution in [-0.2, 0) is 4.74 Å². The molecule has 4 heterocycles. The van der Waals surface area contributed by atoms with E-state index in [0.717, 1.165) is 8.95 Å². The molecule has 0 spiro atoms. The Labute approximate surface area is 173 Å². The highest BCUT2D eigenvalue weighted by Gasteiger charge is 2.42. The molecule has 1 saturated heterocycles. The maximum absolute atomic E-state index is 12.3. The molecule has 1 fully saturated rings. The molecule has 9 heteroatoms. The first kappa shape index (κ1) is 18.5. The van der Waals surface area contributed by atoms with E-state index in [0.29, 0.717) is 36.2 Å². The monoisotopic (exact) mass is 496 g/mol. The van der Waals surface area contributed by atoms with E-state index in [1.54, 1.807) is 17.3 Å². The van der Waals surface area contributed by atoms with Crippen LogP contribution in [0, 0.1) is 0 Å². The van der Waals surface area contributed by atoms with E-state index in [9.17, 15) is 4.79 Å². The minimum atomic E-state index is -0.512. The third-order valence-corrected chi connectivity index (χ3v) is 5.02. The highest BCUT2D eigenvalue weighted by atomic mass is 79.9. The number of fused-ring (bicyclic) bond motifs is 2. The third kappa shape index (κ3) is 3.62. The van der Waals surface area contributed by atoms with E-state index in [4.69, 9.17) is 9.47 Å². The van der Waals surface area contributed by atoms with Crippen LogP contribution in [0.5, 0.6) is 11.5 Å².